The summed E-state index contributed by atoms with van der Waals surface area (Å²) in [4.78, 5) is 0. The molecule has 1 aromatic carbocycles. The predicted octanol–water partition coefficient (Wildman–Crippen LogP) is 3.66. The molecular formula is C14H22O. The van der Waals surface area contributed by atoms with Gasteiger partial charge < -0.3 is 4.74 Å². The molecule has 0 aliphatic carbocycles. The molecule has 0 spiro atoms. The molecule has 1 heteroatoms. The van der Waals surface area contributed by atoms with E-state index in [1.165, 1.54) is 16.7 Å². The first-order chi connectivity index (χ1) is 6.94. The first-order valence-electron chi connectivity index (χ1n) is 5.65. The molecule has 0 aromatic heterocycles. The number of aryl methyl sites for hydroxylation is 2. The zero-order valence-electron chi connectivity index (χ0n) is 10.6. The van der Waals surface area contributed by atoms with Gasteiger partial charge in [0.1, 0.15) is 0 Å². The van der Waals surface area contributed by atoms with Crippen molar-refractivity contribution in [3.63, 3.8) is 0 Å². The Labute approximate surface area is 93.5 Å². The highest BCUT2D eigenvalue weighted by Crippen LogP contribution is 2.20. The van der Waals surface area contributed by atoms with E-state index in [2.05, 4.69) is 45.9 Å². The maximum Gasteiger partial charge on any atom is 0.0666 e. The largest absolute Gasteiger partial charge is 0.376 e. The Morgan fingerprint density at radius 2 is 1.87 bits per heavy atom. The molecule has 1 rings (SSSR count). The lowest BCUT2D eigenvalue weighted by Crippen LogP contribution is -2.27. The van der Waals surface area contributed by atoms with E-state index in [1.807, 2.05) is 6.92 Å². The van der Waals surface area contributed by atoms with Gasteiger partial charge in [0, 0.05) is 13.0 Å². The minimum absolute atomic E-state index is 0.0607. The predicted molar refractivity (Wildman–Crippen MR) is 65.3 cm³/mol. The number of hydrogen-bond donors (Lipinski definition) is 0. The Morgan fingerprint density at radius 1 is 1.20 bits per heavy atom. The van der Waals surface area contributed by atoms with Crippen molar-refractivity contribution in [1.29, 1.82) is 0 Å². The van der Waals surface area contributed by atoms with Crippen LogP contribution in [-0.2, 0) is 11.2 Å². The highest BCUT2D eigenvalue weighted by Gasteiger charge is 2.18. The smallest absolute Gasteiger partial charge is 0.0666 e. The quantitative estimate of drug-likeness (QED) is 0.730. The monoisotopic (exact) mass is 206 g/mol. The van der Waals surface area contributed by atoms with Crippen LogP contribution in [0, 0.1) is 13.8 Å². The van der Waals surface area contributed by atoms with Gasteiger partial charge in [-0.25, -0.2) is 0 Å². The van der Waals surface area contributed by atoms with Gasteiger partial charge in [0.05, 0.1) is 5.60 Å². The fourth-order valence-corrected chi connectivity index (χ4v) is 1.94. The summed E-state index contributed by atoms with van der Waals surface area (Å²) >= 11 is 0. The van der Waals surface area contributed by atoms with Gasteiger partial charge in [-0.15, -0.1) is 0 Å². The summed E-state index contributed by atoms with van der Waals surface area (Å²) in [7, 11) is 0. The van der Waals surface area contributed by atoms with E-state index in [-0.39, 0.29) is 5.60 Å². The second kappa shape index (κ2) is 4.80. The van der Waals surface area contributed by atoms with Crippen LogP contribution in [0.15, 0.2) is 18.2 Å². The lowest BCUT2D eigenvalue weighted by atomic mass is 9.94. The maximum atomic E-state index is 5.72. The van der Waals surface area contributed by atoms with Gasteiger partial charge in [0.25, 0.3) is 0 Å². The van der Waals surface area contributed by atoms with Crippen molar-refractivity contribution in [3.05, 3.63) is 34.9 Å². The van der Waals surface area contributed by atoms with Crippen LogP contribution in [0.5, 0.6) is 0 Å². The summed E-state index contributed by atoms with van der Waals surface area (Å²) in [6.45, 7) is 11.4. The second-order valence-electron chi connectivity index (χ2n) is 4.80. The lowest BCUT2D eigenvalue weighted by Gasteiger charge is -2.25. The van der Waals surface area contributed by atoms with Crippen LogP contribution < -0.4 is 0 Å². The molecule has 0 bridgehead atoms. The van der Waals surface area contributed by atoms with Gasteiger partial charge in [-0.05, 0) is 45.7 Å². The lowest BCUT2D eigenvalue weighted by molar-refractivity contribution is -0.00943. The summed E-state index contributed by atoms with van der Waals surface area (Å²) in [6, 6.07) is 6.62. The Balaban J connectivity index is 2.80. The molecular weight excluding hydrogens is 184 g/mol. The number of rotatable bonds is 4. The van der Waals surface area contributed by atoms with Crippen LogP contribution in [0.1, 0.15) is 37.5 Å². The van der Waals surface area contributed by atoms with Crippen molar-refractivity contribution in [1.82, 2.24) is 0 Å². The van der Waals surface area contributed by atoms with Gasteiger partial charge in [-0.2, -0.15) is 0 Å². The van der Waals surface area contributed by atoms with Crippen LogP contribution >= 0.6 is 0 Å². The zero-order valence-corrected chi connectivity index (χ0v) is 10.6. The molecule has 0 aliphatic heterocycles. The molecule has 0 saturated carbocycles. The minimum Gasteiger partial charge on any atom is -0.376 e. The summed E-state index contributed by atoms with van der Waals surface area (Å²) in [5.74, 6) is 0. The summed E-state index contributed by atoms with van der Waals surface area (Å²) in [5, 5.41) is 0. The van der Waals surface area contributed by atoms with Crippen LogP contribution in [0.2, 0.25) is 0 Å². The molecule has 0 aliphatic rings. The van der Waals surface area contributed by atoms with Crippen molar-refractivity contribution >= 4 is 0 Å². The normalized spacial score (nSPS) is 11.8. The third kappa shape index (κ3) is 3.67. The number of benzene rings is 1. The SMILES string of the molecule is CCOC(C)(C)Cc1ccc(C)cc1C. The van der Waals surface area contributed by atoms with Crippen LogP contribution in [0.25, 0.3) is 0 Å². The first kappa shape index (κ1) is 12.3. The highest BCUT2D eigenvalue weighted by molar-refractivity contribution is 5.31. The molecule has 0 atom stereocenters. The van der Waals surface area contributed by atoms with Gasteiger partial charge in [0.2, 0.25) is 0 Å². The van der Waals surface area contributed by atoms with Crippen LogP contribution in [-0.4, -0.2) is 12.2 Å². The number of hydrogen-bond acceptors (Lipinski definition) is 1. The van der Waals surface area contributed by atoms with Gasteiger partial charge in [-0.1, -0.05) is 23.8 Å². The van der Waals surface area contributed by atoms with E-state index >= 15 is 0 Å². The van der Waals surface area contributed by atoms with E-state index in [0.717, 1.165) is 13.0 Å². The van der Waals surface area contributed by atoms with Crippen LogP contribution in [0.4, 0.5) is 0 Å². The standard InChI is InChI=1S/C14H22O/c1-6-15-14(4,5)10-13-8-7-11(2)9-12(13)3/h7-9H,6,10H2,1-5H3. The molecule has 84 valence electrons. The molecule has 0 amide bonds. The summed E-state index contributed by atoms with van der Waals surface area (Å²) in [5.41, 5.74) is 4.02. The molecule has 0 fully saturated rings. The van der Waals surface area contributed by atoms with Crippen molar-refractivity contribution in [2.24, 2.45) is 0 Å². The second-order valence-corrected chi connectivity index (χ2v) is 4.80. The van der Waals surface area contributed by atoms with Gasteiger partial charge >= 0.3 is 0 Å². The minimum atomic E-state index is -0.0607. The first-order valence-corrected chi connectivity index (χ1v) is 5.65. The Hall–Kier alpha value is -0.820. The molecule has 0 saturated heterocycles. The topological polar surface area (TPSA) is 9.23 Å². The molecule has 0 N–H and O–H groups in total. The third-order valence-electron chi connectivity index (χ3n) is 2.65. The van der Waals surface area contributed by atoms with Crippen molar-refractivity contribution in [2.45, 2.75) is 46.6 Å². The van der Waals surface area contributed by atoms with Crippen molar-refractivity contribution in [3.8, 4) is 0 Å². The van der Waals surface area contributed by atoms with Crippen molar-refractivity contribution < 1.29 is 4.74 Å². The van der Waals surface area contributed by atoms with E-state index in [4.69, 9.17) is 4.74 Å². The Morgan fingerprint density at radius 3 is 2.40 bits per heavy atom. The maximum absolute atomic E-state index is 5.72. The average Bonchev–Trinajstić information content (AvgIpc) is 2.09. The summed E-state index contributed by atoms with van der Waals surface area (Å²) in [6.07, 6.45) is 0.979. The molecule has 1 nitrogen and oxygen atoms in total. The zero-order chi connectivity index (χ0) is 11.5. The molecule has 0 unspecified atom stereocenters. The molecule has 0 radical (unpaired) electrons. The highest BCUT2D eigenvalue weighted by atomic mass is 16.5. The molecule has 15 heavy (non-hydrogen) atoms. The molecule has 1 aromatic rings. The molecule has 0 heterocycles. The van der Waals surface area contributed by atoms with Crippen LogP contribution in [0.3, 0.4) is 0 Å². The fraction of sp³-hybridized carbons (Fsp3) is 0.571. The van der Waals surface area contributed by atoms with E-state index in [9.17, 15) is 0 Å². The van der Waals surface area contributed by atoms with E-state index < -0.39 is 0 Å². The van der Waals surface area contributed by atoms with Gasteiger partial charge in [-0.3, -0.25) is 0 Å². The third-order valence-corrected chi connectivity index (χ3v) is 2.65. The number of ether oxygens (including phenoxy) is 1. The van der Waals surface area contributed by atoms with Crippen molar-refractivity contribution in [2.75, 3.05) is 6.61 Å². The Kier molecular flexibility index (Phi) is 3.92. The van der Waals surface area contributed by atoms with Gasteiger partial charge in [0.15, 0.2) is 0 Å². The summed E-state index contributed by atoms with van der Waals surface area (Å²) < 4.78 is 5.72. The van der Waals surface area contributed by atoms with E-state index in [1.54, 1.807) is 0 Å². The van der Waals surface area contributed by atoms with E-state index in [0.29, 0.717) is 0 Å². The average molecular weight is 206 g/mol. The Bertz CT molecular complexity index is 326. The fourth-order valence-electron chi connectivity index (χ4n) is 1.94.